The number of anilines is 1. The van der Waals surface area contributed by atoms with E-state index in [-0.39, 0.29) is 5.91 Å². The van der Waals surface area contributed by atoms with Gasteiger partial charge in [-0.1, -0.05) is 56.0 Å². The lowest BCUT2D eigenvalue weighted by atomic mass is 10.2. The Hall–Kier alpha value is -1.80. The molecule has 2 aromatic rings. The third-order valence-electron chi connectivity index (χ3n) is 3.18. The van der Waals surface area contributed by atoms with Gasteiger partial charge in [-0.2, -0.15) is 0 Å². The van der Waals surface area contributed by atoms with Crippen molar-refractivity contribution in [2.75, 3.05) is 18.2 Å². The summed E-state index contributed by atoms with van der Waals surface area (Å²) < 4.78 is 11.9. The van der Waals surface area contributed by atoms with Crippen LogP contribution in [-0.2, 0) is 4.79 Å². The van der Waals surface area contributed by atoms with Gasteiger partial charge in [0.2, 0.25) is 5.13 Å². The summed E-state index contributed by atoms with van der Waals surface area (Å²) in [4.78, 5) is 12.5. The van der Waals surface area contributed by atoms with Crippen molar-refractivity contribution >= 4 is 34.1 Å². The summed E-state index contributed by atoms with van der Waals surface area (Å²) in [6.45, 7) is 6.19. The molecule has 2 rings (SSSR count). The van der Waals surface area contributed by atoms with Crippen LogP contribution in [-0.4, -0.2) is 35.1 Å². The van der Waals surface area contributed by atoms with E-state index in [0.717, 1.165) is 10.1 Å². The minimum absolute atomic E-state index is 0.245. The summed E-state index contributed by atoms with van der Waals surface area (Å²) in [6.07, 6.45) is -0.107. The van der Waals surface area contributed by atoms with Crippen LogP contribution in [0.15, 0.2) is 28.6 Å². The fourth-order valence-electron chi connectivity index (χ4n) is 1.93. The van der Waals surface area contributed by atoms with E-state index < -0.39 is 6.10 Å². The molecular weight excluding hydrogens is 358 g/mol. The quantitative estimate of drug-likeness (QED) is 0.521. The first-order valence-electron chi connectivity index (χ1n) is 8.10. The Morgan fingerprint density at radius 3 is 2.64 bits per heavy atom. The average molecular weight is 382 g/mol. The first-order chi connectivity index (χ1) is 12.0. The molecule has 0 saturated heterocycles. The third kappa shape index (κ3) is 5.89. The van der Waals surface area contributed by atoms with Crippen LogP contribution in [0.1, 0.15) is 27.2 Å². The summed E-state index contributed by atoms with van der Waals surface area (Å²) in [5.41, 5.74) is 0. The molecule has 6 nitrogen and oxygen atoms in total. The number of nitrogens with one attached hydrogen (secondary N) is 1. The van der Waals surface area contributed by atoms with Gasteiger partial charge < -0.3 is 9.47 Å². The molecule has 0 aliphatic heterocycles. The Balaban J connectivity index is 1.98. The Labute approximate surface area is 156 Å². The lowest BCUT2D eigenvalue weighted by Crippen LogP contribution is -2.32. The molecule has 8 heteroatoms. The second kappa shape index (κ2) is 9.62. The van der Waals surface area contributed by atoms with Crippen LogP contribution in [0, 0.1) is 5.92 Å². The highest BCUT2D eigenvalue weighted by Crippen LogP contribution is 2.29. The number of carbonyl (C=O) groups is 1. The molecule has 0 fully saturated rings. The van der Waals surface area contributed by atoms with Crippen molar-refractivity contribution in [1.29, 1.82) is 0 Å². The number of carbonyl (C=O) groups excluding carboxylic acids is 1. The molecule has 1 unspecified atom stereocenters. The largest absolute Gasteiger partial charge is 0.493 e. The van der Waals surface area contributed by atoms with Crippen LogP contribution >= 0.6 is 23.1 Å². The predicted molar refractivity (Wildman–Crippen MR) is 102 cm³/mol. The van der Waals surface area contributed by atoms with Crippen molar-refractivity contribution in [3.05, 3.63) is 24.3 Å². The molecule has 0 saturated carbocycles. The van der Waals surface area contributed by atoms with Gasteiger partial charge in [0.15, 0.2) is 21.9 Å². The van der Waals surface area contributed by atoms with Crippen LogP contribution in [0.4, 0.5) is 5.13 Å². The fraction of sp³-hybridized carbons (Fsp3) is 0.471. The van der Waals surface area contributed by atoms with Gasteiger partial charge in [-0.3, -0.25) is 10.1 Å². The molecule has 1 aromatic heterocycles. The minimum Gasteiger partial charge on any atom is -0.493 e. The van der Waals surface area contributed by atoms with Crippen LogP contribution in [0.2, 0.25) is 0 Å². The number of rotatable bonds is 9. The lowest BCUT2D eigenvalue weighted by molar-refractivity contribution is -0.122. The lowest BCUT2D eigenvalue weighted by Gasteiger charge is -2.18. The number of para-hydroxylation sites is 2. The highest BCUT2D eigenvalue weighted by Gasteiger charge is 2.21. The molecule has 1 atom stereocenters. The smallest absolute Gasteiger partial charge is 0.267 e. The van der Waals surface area contributed by atoms with Gasteiger partial charge in [0.05, 0.1) is 7.11 Å². The van der Waals surface area contributed by atoms with Crippen molar-refractivity contribution in [1.82, 2.24) is 10.2 Å². The highest BCUT2D eigenvalue weighted by atomic mass is 32.2. The van der Waals surface area contributed by atoms with Gasteiger partial charge in [-0.15, -0.1) is 10.2 Å². The molecule has 1 amide bonds. The van der Waals surface area contributed by atoms with E-state index >= 15 is 0 Å². The van der Waals surface area contributed by atoms with Gasteiger partial charge >= 0.3 is 0 Å². The highest BCUT2D eigenvalue weighted by molar-refractivity contribution is 8.01. The Bertz CT molecular complexity index is 691. The number of nitrogens with zero attached hydrogens (tertiary/aromatic N) is 2. The summed E-state index contributed by atoms with van der Waals surface area (Å²) in [7, 11) is 1.57. The molecule has 1 heterocycles. The molecule has 0 spiro atoms. The zero-order valence-corrected chi connectivity index (χ0v) is 16.4. The molecule has 25 heavy (non-hydrogen) atoms. The third-order valence-corrected chi connectivity index (χ3v) is 5.58. The first kappa shape index (κ1) is 19.5. The first-order valence-corrected chi connectivity index (χ1v) is 9.90. The summed E-state index contributed by atoms with van der Waals surface area (Å²) in [5.74, 6) is 2.43. The molecule has 0 bridgehead atoms. The molecule has 0 aliphatic carbocycles. The zero-order chi connectivity index (χ0) is 18.2. The van der Waals surface area contributed by atoms with Crippen molar-refractivity contribution in [2.24, 2.45) is 5.92 Å². The number of thioether (sulfide) groups is 1. The van der Waals surface area contributed by atoms with Crippen molar-refractivity contribution in [3.63, 3.8) is 0 Å². The maximum atomic E-state index is 12.5. The van der Waals surface area contributed by atoms with Gasteiger partial charge in [0.1, 0.15) is 0 Å². The van der Waals surface area contributed by atoms with Gasteiger partial charge in [0.25, 0.3) is 5.91 Å². The molecular formula is C17H23N3O3S2. The van der Waals surface area contributed by atoms with Crippen molar-refractivity contribution in [2.45, 2.75) is 37.6 Å². The topological polar surface area (TPSA) is 73.3 Å². The maximum Gasteiger partial charge on any atom is 0.267 e. The number of hydrogen-bond donors (Lipinski definition) is 1. The number of methoxy groups -OCH3 is 1. The van der Waals surface area contributed by atoms with E-state index in [1.807, 2.05) is 19.1 Å². The molecule has 0 aliphatic rings. The SMILES string of the molecule is CCC(Oc1ccccc1OC)C(=O)Nc1nnc(SCC(C)C)s1. The molecule has 136 valence electrons. The number of aromatic nitrogens is 2. The van der Waals surface area contributed by atoms with E-state index in [4.69, 9.17) is 9.47 Å². The minimum atomic E-state index is -0.632. The van der Waals surface area contributed by atoms with E-state index in [2.05, 4.69) is 29.4 Å². The van der Waals surface area contributed by atoms with Gasteiger partial charge in [-0.05, 0) is 24.5 Å². The Morgan fingerprint density at radius 2 is 2.00 bits per heavy atom. The average Bonchev–Trinajstić information content (AvgIpc) is 3.05. The monoisotopic (exact) mass is 381 g/mol. The van der Waals surface area contributed by atoms with E-state index in [9.17, 15) is 4.79 Å². The number of ether oxygens (including phenoxy) is 2. The second-order valence-electron chi connectivity index (χ2n) is 5.73. The molecule has 1 aromatic carbocycles. The normalized spacial score (nSPS) is 12.0. The van der Waals surface area contributed by atoms with E-state index in [1.54, 1.807) is 31.0 Å². The zero-order valence-electron chi connectivity index (χ0n) is 14.8. The van der Waals surface area contributed by atoms with Gasteiger partial charge in [-0.25, -0.2) is 0 Å². The fourth-order valence-corrected chi connectivity index (χ4v) is 3.67. The standard InChI is InChI=1S/C17H23N3O3S2/c1-5-12(23-14-9-7-6-8-13(14)22-4)15(21)18-16-19-20-17(25-16)24-10-11(2)3/h6-9,11-12H,5,10H2,1-4H3,(H,18,19,21). The number of hydrogen-bond acceptors (Lipinski definition) is 7. The van der Waals surface area contributed by atoms with E-state index in [0.29, 0.717) is 29.0 Å². The summed E-state index contributed by atoms with van der Waals surface area (Å²) in [6, 6.07) is 7.26. The predicted octanol–water partition coefficient (Wildman–Crippen LogP) is 4.09. The number of benzene rings is 1. The van der Waals surface area contributed by atoms with Crippen molar-refractivity contribution < 1.29 is 14.3 Å². The van der Waals surface area contributed by atoms with Crippen LogP contribution in [0.3, 0.4) is 0 Å². The molecule has 0 radical (unpaired) electrons. The summed E-state index contributed by atoms with van der Waals surface area (Å²) in [5, 5.41) is 11.4. The Kier molecular flexibility index (Phi) is 7.52. The van der Waals surface area contributed by atoms with Crippen LogP contribution in [0.5, 0.6) is 11.5 Å². The summed E-state index contributed by atoms with van der Waals surface area (Å²) >= 11 is 3.02. The van der Waals surface area contributed by atoms with Crippen LogP contribution < -0.4 is 14.8 Å². The van der Waals surface area contributed by atoms with E-state index in [1.165, 1.54) is 11.3 Å². The van der Waals surface area contributed by atoms with Crippen molar-refractivity contribution in [3.8, 4) is 11.5 Å². The van der Waals surface area contributed by atoms with Gasteiger partial charge in [0, 0.05) is 5.75 Å². The second-order valence-corrected chi connectivity index (χ2v) is 7.98. The number of amides is 1. The van der Waals surface area contributed by atoms with Crippen LogP contribution in [0.25, 0.3) is 0 Å². The Morgan fingerprint density at radius 1 is 1.28 bits per heavy atom. The maximum absolute atomic E-state index is 12.5. The molecule has 1 N–H and O–H groups in total.